The zero-order chi connectivity index (χ0) is 12.0. The van der Waals surface area contributed by atoms with E-state index in [1.165, 1.54) is 5.56 Å². The van der Waals surface area contributed by atoms with Crippen molar-refractivity contribution in [2.24, 2.45) is 4.99 Å². The highest BCUT2D eigenvalue weighted by Gasteiger charge is 2.19. The molecule has 1 unspecified atom stereocenters. The van der Waals surface area contributed by atoms with E-state index in [-0.39, 0.29) is 6.04 Å². The molecule has 0 saturated carbocycles. The van der Waals surface area contributed by atoms with Crippen molar-refractivity contribution in [2.45, 2.75) is 33.2 Å². The Balaban J connectivity index is 0.000000606. The van der Waals surface area contributed by atoms with Gasteiger partial charge in [0.1, 0.15) is 5.84 Å². The summed E-state index contributed by atoms with van der Waals surface area (Å²) in [5, 5.41) is 0.708. The van der Waals surface area contributed by atoms with E-state index in [0.717, 1.165) is 6.42 Å². The molecule has 0 aromatic heterocycles. The Bertz CT molecular complexity index is 335. The topological polar surface area (TPSA) is 15.6 Å². The summed E-state index contributed by atoms with van der Waals surface area (Å²) in [4.78, 5) is 4.30. The third kappa shape index (κ3) is 3.05. The molecular formula is C13H19FN2. The standard InChI is InChI=1S/C11H13FN2.C2H6/c1-9-13-11(7-8-14(9)12)10-5-3-2-4-6-10;1-2/h2-6,11H,7-8H2,1H3;1-2H3. The van der Waals surface area contributed by atoms with Crippen molar-refractivity contribution < 1.29 is 4.48 Å². The van der Waals surface area contributed by atoms with Gasteiger partial charge in [-0.05, 0) is 18.9 Å². The number of benzene rings is 1. The van der Waals surface area contributed by atoms with Crippen molar-refractivity contribution >= 4 is 5.84 Å². The van der Waals surface area contributed by atoms with Gasteiger partial charge in [0.05, 0.1) is 12.6 Å². The van der Waals surface area contributed by atoms with Crippen LogP contribution in [0.1, 0.15) is 38.8 Å². The Labute approximate surface area is 96.7 Å². The third-order valence-electron chi connectivity index (χ3n) is 2.48. The highest BCUT2D eigenvalue weighted by molar-refractivity contribution is 5.79. The van der Waals surface area contributed by atoms with Gasteiger partial charge < -0.3 is 0 Å². The molecule has 2 rings (SSSR count). The van der Waals surface area contributed by atoms with Gasteiger partial charge in [-0.2, -0.15) is 5.12 Å². The fourth-order valence-electron chi connectivity index (χ4n) is 1.67. The number of amidine groups is 1. The van der Waals surface area contributed by atoms with E-state index >= 15 is 0 Å². The minimum atomic E-state index is 0.128. The molecule has 0 fully saturated rings. The Morgan fingerprint density at radius 1 is 1.25 bits per heavy atom. The second kappa shape index (κ2) is 6.26. The number of hydrogen-bond donors (Lipinski definition) is 0. The maximum atomic E-state index is 13.0. The summed E-state index contributed by atoms with van der Waals surface area (Å²) in [5.41, 5.74) is 1.17. The van der Waals surface area contributed by atoms with Crippen molar-refractivity contribution in [3.05, 3.63) is 35.9 Å². The SMILES string of the molecule is CC.CC1=NC(c2ccccc2)CCN1F. The number of hydrogen-bond acceptors (Lipinski definition) is 2. The molecule has 16 heavy (non-hydrogen) atoms. The molecule has 0 saturated heterocycles. The highest BCUT2D eigenvalue weighted by Crippen LogP contribution is 2.25. The van der Waals surface area contributed by atoms with Gasteiger partial charge in [-0.3, -0.25) is 4.99 Å². The highest BCUT2D eigenvalue weighted by atomic mass is 19.2. The molecule has 1 atom stereocenters. The van der Waals surface area contributed by atoms with Gasteiger partial charge in [-0.25, -0.2) is 0 Å². The van der Waals surface area contributed by atoms with Gasteiger partial charge in [0.2, 0.25) is 0 Å². The van der Waals surface area contributed by atoms with E-state index in [4.69, 9.17) is 0 Å². The molecule has 1 aromatic carbocycles. The quantitative estimate of drug-likeness (QED) is 0.660. The van der Waals surface area contributed by atoms with E-state index in [9.17, 15) is 4.48 Å². The molecule has 0 amide bonds. The normalized spacial score (nSPS) is 19.6. The zero-order valence-electron chi connectivity index (χ0n) is 10.2. The van der Waals surface area contributed by atoms with Crippen LogP contribution in [-0.4, -0.2) is 17.5 Å². The second-order valence-corrected chi connectivity index (χ2v) is 3.48. The van der Waals surface area contributed by atoms with Gasteiger partial charge >= 0.3 is 0 Å². The lowest BCUT2D eigenvalue weighted by molar-refractivity contribution is 0.105. The molecular weight excluding hydrogens is 203 g/mol. The van der Waals surface area contributed by atoms with Crippen LogP contribution in [-0.2, 0) is 0 Å². The molecule has 88 valence electrons. The Hall–Kier alpha value is -1.38. The second-order valence-electron chi connectivity index (χ2n) is 3.48. The van der Waals surface area contributed by atoms with E-state index in [0.29, 0.717) is 17.5 Å². The molecule has 0 radical (unpaired) electrons. The smallest absolute Gasteiger partial charge is 0.126 e. The lowest BCUT2D eigenvalue weighted by Crippen LogP contribution is -2.27. The summed E-state index contributed by atoms with van der Waals surface area (Å²) < 4.78 is 13.0. The molecule has 1 aromatic rings. The van der Waals surface area contributed by atoms with Crippen LogP contribution in [0, 0.1) is 0 Å². The van der Waals surface area contributed by atoms with Crippen LogP contribution < -0.4 is 0 Å². The first-order chi connectivity index (χ1) is 7.77. The van der Waals surface area contributed by atoms with Crippen LogP contribution >= 0.6 is 0 Å². The van der Waals surface area contributed by atoms with Crippen molar-refractivity contribution in [1.82, 2.24) is 5.12 Å². The molecule has 0 aliphatic carbocycles. The lowest BCUT2D eigenvalue weighted by Gasteiger charge is -2.24. The van der Waals surface area contributed by atoms with Crippen LogP contribution in [0.25, 0.3) is 0 Å². The van der Waals surface area contributed by atoms with Crippen molar-refractivity contribution in [2.75, 3.05) is 6.54 Å². The Kier molecular flexibility index (Phi) is 4.96. The fraction of sp³-hybridized carbons (Fsp3) is 0.462. The first kappa shape index (κ1) is 12.7. The summed E-state index contributed by atoms with van der Waals surface area (Å²) in [5.74, 6) is 0.477. The van der Waals surface area contributed by atoms with Gasteiger partial charge in [0, 0.05) is 0 Å². The van der Waals surface area contributed by atoms with Crippen LogP contribution in [0.15, 0.2) is 35.3 Å². The maximum absolute atomic E-state index is 13.0. The average Bonchev–Trinajstić information content (AvgIpc) is 2.36. The van der Waals surface area contributed by atoms with Gasteiger partial charge in [0.25, 0.3) is 0 Å². The van der Waals surface area contributed by atoms with Crippen LogP contribution in [0.4, 0.5) is 4.48 Å². The summed E-state index contributed by atoms with van der Waals surface area (Å²) in [6.45, 7) is 6.14. The lowest BCUT2D eigenvalue weighted by atomic mass is 10.0. The predicted octanol–water partition coefficient (Wildman–Crippen LogP) is 3.76. The monoisotopic (exact) mass is 222 g/mol. The molecule has 3 heteroatoms. The van der Waals surface area contributed by atoms with E-state index in [1.54, 1.807) is 6.92 Å². The van der Waals surface area contributed by atoms with E-state index in [1.807, 2.05) is 44.2 Å². The van der Waals surface area contributed by atoms with Crippen LogP contribution in [0.5, 0.6) is 0 Å². The van der Waals surface area contributed by atoms with Crippen molar-refractivity contribution in [3.8, 4) is 0 Å². The minimum absolute atomic E-state index is 0.128. The van der Waals surface area contributed by atoms with E-state index < -0.39 is 0 Å². The first-order valence-electron chi connectivity index (χ1n) is 5.80. The van der Waals surface area contributed by atoms with Crippen molar-refractivity contribution in [3.63, 3.8) is 0 Å². The number of rotatable bonds is 1. The molecule has 1 heterocycles. The van der Waals surface area contributed by atoms with Crippen LogP contribution in [0.3, 0.4) is 0 Å². The number of nitrogens with zero attached hydrogens (tertiary/aromatic N) is 2. The van der Waals surface area contributed by atoms with Crippen LogP contribution in [0.2, 0.25) is 0 Å². The zero-order valence-corrected chi connectivity index (χ0v) is 10.2. The first-order valence-corrected chi connectivity index (χ1v) is 5.80. The minimum Gasteiger partial charge on any atom is -0.262 e. The largest absolute Gasteiger partial charge is 0.262 e. The van der Waals surface area contributed by atoms with E-state index in [2.05, 4.69) is 4.99 Å². The Morgan fingerprint density at radius 2 is 1.88 bits per heavy atom. The van der Waals surface area contributed by atoms with Gasteiger partial charge in [-0.15, -0.1) is 0 Å². The average molecular weight is 222 g/mol. The molecule has 0 spiro atoms. The van der Waals surface area contributed by atoms with Crippen molar-refractivity contribution in [1.29, 1.82) is 0 Å². The molecule has 1 aliphatic heterocycles. The number of aliphatic imine (C=N–C) groups is 1. The molecule has 2 nitrogen and oxygen atoms in total. The van der Waals surface area contributed by atoms with Gasteiger partial charge in [0.15, 0.2) is 0 Å². The third-order valence-corrected chi connectivity index (χ3v) is 2.48. The fourth-order valence-corrected chi connectivity index (χ4v) is 1.67. The number of halogens is 1. The molecule has 1 aliphatic rings. The summed E-state index contributed by atoms with van der Waals surface area (Å²) in [6.07, 6.45) is 0.748. The summed E-state index contributed by atoms with van der Waals surface area (Å²) in [7, 11) is 0. The Morgan fingerprint density at radius 3 is 2.44 bits per heavy atom. The molecule has 0 bridgehead atoms. The summed E-state index contributed by atoms with van der Waals surface area (Å²) in [6, 6.07) is 10.2. The summed E-state index contributed by atoms with van der Waals surface area (Å²) >= 11 is 0. The predicted molar refractivity (Wildman–Crippen MR) is 66.1 cm³/mol. The molecule has 0 N–H and O–H groups in total. The van der Waals surface area contributed by atoms with Gasteiger partial charge in [-0.1, -0.05) is 48.7 Å². The maximum Gasteiger partial charge on any atom is 0.126 e.